The summed E-state index contributed by atoms with van der Waals surface area (Å²) in [5.41, 5.74) is 0.0224. The van der Waals surface area contributed by atoms with Crippen LogP contribution in [0.5, 0.6) is 0 Å². The smallest absolute Gasteiger partial charge is 0.326 e. The van der Waals surface area contributed by atoms with Gasteiger partial charge >= 0.3 is 5.97 Å². The van der Waals surface area contributed by atoms with E-state index in [1.54, 1.807) is 18.2 Å². The molecule has 0 atom stereocenters. The molecule has 0 aromatic heterocycles. The van der Waals surface area contributed by atoms with Crippen molar-refractivity contribution in [2.24, 2.45) is 0 Å². The Hall–Kier alpha value is -1.28. The number of sulfonamides is 1. The van der Waals surface area contributed by atoms with Gasteiger partial charge in [-0.15, -0.1) is 0 Å². The van der Waals surface area contributed by atoms with Crippen molar-refractivity contribution < 1.29 is 17.9 Å². The minimum absolute atomic E-state index is 0.00871. The van der Waals surface area contributed by atoms with Crippen molar-refractivity contribution in [1.82, 2.24) is 0 Å². The maximum Gasteiger partial charge on any atom is 0.326 e. The number of nitrogens with zero attached hydrogens (tertiary/aromatic N) is 1. The SMILES string of the molecule is COC(=O)CN(c1c(Cl)cccc1Cl)S(=O)(=O)c1ccc(Br)cc1. The molecular formula is C15H12BrCl2NO4S. The summed E-state index contributed by atoms with van der Waals surface area (Å²) in [4.78, 5) is 11.7. The Morgan fingerprint density at radius 3 is 2.17 bits per heavy atom. The van der Waals surface area contributed by atoms with E-state index in [1.165, 1.54) is 31.4 Å². The number of ether oxygens (including phenoxy) is 1. The van der Waals surface area contributed by atoms with Crippen molar-refractivity contribution in [3.05, 3.63) is 57.0 Å². The molecule has 0 aliphatic carbocycles. The van der Waals surface area contributed by atoms with Gasteiger partial charge in [0.1, 0.15) is 6.54 Å². The average Bonchev–Trinajstić information content (AvgIpc) is 2.53. The quantitative estimate of drug-likeness (QED) is 0.640. The van der Waals surface area contributed by atoms with Crippen LogP contribution >= 0.6 is 39.1 Å². The van der Waals surface area contributed by atoms with E-state index in [1.807, 2.05) is 0 Å². The van der Waals surface area contributed by atoms with E-state index in [0.717, 1.165) is 8.78 Å². The number of methoxy groups -OCH3 is 1. The van der Waals surface area contributed by atoms with Crippen LogP contribution in [-0.2, 0) is 19.6 Å². The zero-order valence-corrected chi connectivity index (χ0v) is 16.3. The van der Waals surface area contributed by atoms with Gasteiger partial charge in [-0.1, -0.05) is 45.2 Å². The molecular weight excluding hydrogens is 441 g/mol. The summed E-state index contributed by atoms with van der Waals surface area (Å²) in [5.74, 6) is -0.744. The highest BCUT2D eigenvalue weighted by molar-refractivity contribution is 9.10. The number of carbonyl (C=O) groups excluding carboxylic acids is 1. The third-order valence-electron chi connectivity index (χ3n) is 3.09. The number of hydrogen-bond donors (Lipinski definition) is 0. The second-order valence-electron chi connectivity index (χ2n) is 4.61. The Morgan fingerprint density at radius 2 is 1.67 bits per heavy atom. The van der Waals surface area contributed by atoms with Gasteiger partial charge in [0.05, 0.1) is 27.7 Å². The highest BCUT2D eigenvalue weighted by atomic mass is 79.9. The normalized spacial score (nSPS) is 11.2. The Balaban J connectivity index is 2.62. The van der Waals surface area contributed by atoms with E-state index < -0.39 is 22.5 Å². The van der Waals surface area contributed by atoms with Gasteiger partial charge in [-0.25, -0.2) is 8.42 Å². The lowest BCUT2D eigenvalue weighted by atomic mass is 10.3. The molecule has 2 aromatic rings. The van der Waals surface area contributed by atoms with Crippen LogP contribution in [0.15, 0.2) is 51.8 Å². The lowest BCUT2D eigenvalue weighted by Gasteiger charge is -2.25. The average molecular weight is 453 g/mol. The summed E-state index contributed by atoms with van der Waals surface area (Å²) in [6.07, 6.45) is 0. The topological polar surface area (TPSA) is 63.7 Å². The molecule has 0 radical (unpaired) electrons. The number of halogens is 3. The number of para-hydroxylation sites is 1. The zero-order valence-electron chi connectivity index (χ0n) is 12.4. The summed E-state index contributed by atoms with van der Waals surface area (Å²) >= 11 is 15.5. The second kappa shape index (κ2) is 7.74. The van der Waals surface area contributed by atoms with Crippen molar-refractivity contribution >= 4 is 60.8 Å². The first kappa shape index (κ1) is 19.1. The summed E-state index contributed by atoms with van der Waals surface area (Å²) in [6.45, 7) is -0.557. The molecule has 0 spiro atoms. The molecule has 0 bridgehead atoms. The fourth-order valence-electron chi connectivity index (χ4n) is 1.93. The molecule has 0 heterocycles. The molecule has 2 rings (SSSR count). The number of anilines is 1. The van der Waals surface area contributed by atoms with Crippen molar-refractivity contribution in [1.29, 1.82) is 0 Å². The highest BCUT2D eigenvalue weighted by Crippen LogP contribution is 2.36. The minimum atomic E-state index is -4.08. The fraction of sp³-hybridized carbons (Fsp3) is 0.133. The van der Waals surface area contributed by atoms with Gasteiger partial charge in [-0.05, 0) is 36.4 Å². The molecule has 0 saturated carbocycles. The van der Waals surface area contributed by atoms with E-state index in [-0.39, 0.29) is 20.6 Å². The second-order valence-corrected chi connectivity index (χ2v) is 8.20. The van der Waals surface area contributed by atoms with Crippen LogP contribution in [0.4, 0.5) is 5.69 Å². The predicted molar refractivity (Wildman–Crippen MR) is 97.2 cm³/mol. The number of esters is 1. The van der Waals surface area contributed by atoms with Gasteiger partial charge in [0.25, 0.3) is 10.0 Å². The third-order valence-corrected chi connectivity index (χ3v) is 5.99. The number of hydrogen-bond acceptors (Lipinski definition) is 4. The fourth-order valence-corrected chi connectivity index (χ4v) is 4.34. The van der Waals surface area contributed by atoms with E-state index >= 15 is 0 Å². The monoisotopic (exact) mass is 451 g/mol. The maximum absolute atomic E-state index is 13.0. The number of rotatable bonds is 5. The van der Waals surface area contributed by atoms with Crippen LogP contribution in [0, 0.1) is 0 Å². The van der Waals surface area contributed by atoms with Gasteiger partial charge in [-0.3, -0.25) is 9.10 Å². The maximum atomic E-state index is 13.0. The number of carbonyl (C=O) groups is 1. The molecule has 0 N–H and O–H groups in total. The highest BCUT2D eigenvalue weighted by Gasteiger charge is 2.30. The van der Waals surface area contributed by atoms with Crippen LogP contribution in [0.1, 0.15) is 0 Å². The van der Waals surface area contributed by atoms with Crippen LogP contribution in [-0.4, -0.2) is 28.0 Å². The van der Waals surface area contributed by atoms with E-state index in [9.17, 15) is 13.2 Å². The van der Waals surface area contributed by atoms with Gasteiger partial charge in [0, 0.05) is 4.47 Å². The minimum Gasteiger partial charge on any atom is -0.468 e. The van der Waals surface area contributed by atoms with Gasteiger partial charge < -0.3 is 4.74 Å². The summed E-state index contributed by atoms with van der Waals surface area (Å²) < 4.78 is 32.1. The van der Waals surface area contributed by atoms with Gasteiger partial charge in [-0.2, -0.15) is 0 Å². The Labute approximate surface area is 158 Å². The molecule has 0 aliphatic heterocycles. The van der Waals surface area contributed by atoms with Gasteiger partial charge in [0.2, 0.25) is 0 Å². The van der Waals surface area contributed by atoms with E-state index in [2.05, 4.69) is 20.7 Å². The Morgan fingerprint density at radius 1 is 1.12 bits per heavy atom. The molecule has 9 heteroatoms. The van der Waals surface area contributed by atoms with Crippen LogP contribution in [0.25, 0.3) is 0 Å². The van der Waals surface area contributed by atoms with Crippen LogP contribution < -0.4 is 4.31 Å². The molecule has 24 heavy (non-hydrogen) atoms. The molecule has 0 unspecified atom stereocenters. The van der Waals surface area contributed by atoms with Crippen LogP contribution in [0.2, 0.25) is 10.0 Å². The predicted octanol–water partition coefficient (Wildman–Crippen LogP) is 4.12. The van der Waals surface area contributed by atoms with Crippen LogP contribution in [0.3, 0.4) is 0 Å². The summed E-state index contributed by atoms with van der Waals surface area (Å²) in [5, 5.41) is 0.208. The Kier molecular flexibility index (Phi) is 6.14. The summed E-state index contributed by atoms with van der Waals surface area (Å²) in [7, 11) is -2.91. The summed E-state index contributed by atoms with van der Waals surface area (Å²) in [6, 6.07) is 10.5. The molecule has 5 nitrogen and oxygen atoms in total. The Bertz CT molecular complexity index is 836. The first-order chi connectivity index (χ1) is 11.3. The van der Waals surface area contributed by atoms with Crippen molar-refractivity contribution in [2.75, 3.05) is 18.0 Å². The lowest BCUT2D eigenvalue weighted by Crippen LogP contribution is -2.36. The molecule has 2 aromatic carbocycles. The van der Waals surface area contributed by atoms with Crippen molar-refractivity contribution in [2.45, 2.75) is 4.90 Å². The lowest BCUT2D eigenvalue weighted by molar-refractivity contribution is -0.138. The molecule has 128 valence electrons. The standard InChI is InChI=1S/C15H12BrCl2NO4S/c1-23-14(20)9-19(15-12(17)3-2-4-13(15)18)24(21,22)11-7-5-10(16)6-8-11/h2-8H,9H2,1H3. The first-order valence-electron chi connectivity index (χ1n) is 6.56. The van der Waals surface area contributed by atoms with Crippen molar-refractivity contribution in [3.63, 3.8) is 0 Å². The molecule has 0 amide bonds. The molecule has 0 saturated heterocycles. The van der Waals surface area contributed by atoms with Crippen molar-refractivity contribution in [3.8, 4) is 0 Å². The zero-order chi connectivity index (χ0) is 17.9. The number of benzene rings is 2. The van der Waals surface area contributed by atoms with E-state index in [4.69, 9.17) is 23.2 Å². The molecule has 0 aliphatic rings. The third kappa shape index (κ3) is 4.03. The van der Waals surface area contributed by atoms with Gasteiger partial charge in [0.15, 0.2) is 0 Å². The van der Waals surface area contributed by atoms with E-state index in [0.29, 0.717) is 0 Å². The largest absolute Gasteiger partial charge is 0.468 e. The molecule has 0 fully saturated rings. The first-order valence-corrected chi connectivity index (χ1v) is 9.55.